The first-order chi connectivity index (χ1) is 7.81. The Bertz CT molecular complexity index is 321. The van der Waals surface area contributed by atoms with E-state index in [9.17, 15) is 0 Å². The summed E-state index contributed by atoms with van der Waals surface area (Å²) in [5.74, 6) is 4.87. The summed E-state index contributed by atoms with van der Waals surface area (Å²) in [5.41, 5.74) is 0. The molecule has 1 nitrogen and oxygen atoms in total. The SMILES string of the molecule is CC1OC1C1CCC(C2CC3C=CC2C3)C1. The molecule has 0 aromatic heterocycles. The van der Waals surface area contributed by atoms with Crippen LogP contribution in [0.5, 0.6) is 0 Å². The van der Waals surface area contributed by atoms with Crippen molar-refractivity contribution in [1.29, 1.82) is 0 Å². The zero-order chi connectivity index (χ0) is 10.7. The van der Waals surface area contributed by atoms with Crippen molar-refractivity contribution >= 4 is 0 Å². The molecular weight excluding hydrogens is 196 g/mol. The molecular formula is C15H22O. The lowest BCUT2D eigenvalue weighted by Crippen LogP contribution is -2.17. The molecule has 16 heavy (non-hydrogen) atoms. The molecule has 3 aliphatic carbocycles. The van der Waals surface area contributed by atoms with Gasteiger partial charge in [0.05, 0.1) is 12.2 Å². The standard InChI is InChI=1S/C15H22O/c1-9-15(16-9)13-5-4-12(8-13)14-7-10-2-3-11(14)6-10/h2-3,9-15H,4-8H2,1H3. The van der Waals surface area contributed by atoms with Crippen molar-refractivity contribution < 1.29 is 4.74 Å². The molecule has 7 unspecified atom stereocenters. The molecule has 0 aromatic carbocycles. The van der Waals surface area contributed by atoms with Gasteiger partial charge in [0.2, 0.25) is 0 Å². The molecule has 0 spiro atoms. The number of ether oxygens (including phenoxy) is 1. The van der Waals surface area contributed by atoms with E-state index in [1.807, 2.05) is 0 Å². The van der Waals surface area contributed by atoms with Crippen molar-refractivity contribution in [2.75, 3.05) is 0 Å². The topological polar surface area (TPSA) is 12.5 Å². The first-order valence-corrected chi connectivity index (χ1v) is 7.15. The Kier molecular flexibility index (Phi) is 2.03. The molecule has 4 rings (SSSR count). The zero-order valence-electron chi connectivity index (χ0n) is 10.1. The quantitative estimate of drug-likeness (QED) is 0.511. The lowest BCUT2D eigenvalue weighted by Gasteiger charge is -2.25. The Morgan fingerprint density at radius 1 is 1.00 bits per heavy atom. The second-order valence-electron chi connectivity index (χ2n) is 6.58. The number of rotatable bonds is 2. The van der Waals surface area contributed by atoms with Gasteiger partial charge in [0.25, 0.3) is 0 Å². The average molecular weight is 218 g/mol. The fourth-order valence-electron chi connectivity index (χ4n) is 4.80. The molecule has 1 saturated heterocycles. The van der Waals surface area contributed by atoms with E-state index in [1.54, 1.807) is 0 Å². The maximum Gasteiger partial charge on any atom is 0.0867 e. The Morgan fingerprint density at radius 2 is 1.81 bits per heavy atom. The Labute approximate surface area is 98.2 Å². The minimum Gasteiger partial charge on any atom is -0.370 e. The van der Waals surface area contributed by atoms with Crippen LogP contribution in [0.2, 0.25) is 0 Å². The summed E-state index contributed by atoms with van der Waals surface area (Å²) >= 11 is 0. The van der Waals surface area contributed by atoms with Crippen molar-refractivity contribution in [2.45, 2.75) is 51.2 Å². The Morgan fingerprint density at radius 3 is 2.44 bits per heavy atom. The molecule has 0 amide bonds. The summed E-state index contributed by atoms with van der Waals surface area (Å²) in [7, 11) is 0. The van der Waals surface area contributed by atoms with Crippen LogP contribution in [0.3, 0.4) is 0 Å². The molecule has 0 N–H and O–H groups in total. The summed E-state index contributed by atoms with van der Waals surface area (Å²) in [6, 6.07) is 0. The minimum absolute atomic E-state index is 0.573. The van der Waals surface area contributed by atoms with Crippen molar-refractivity contribution in [1.82, 2.24) is 0 Å². The van der Waals surface area contributed by atoms with Gasteiger partial charge in [0.15, 0.2) is 0 Å². The average Bonchev–Trinajstić information content (AvgIpc) is 2.82. The molecule has 88 valence electrons. The van der Waals surface area contributed by atoms with E-state index in [4.69, 9.17) is 4.74 Å². The van der Waals surface area contributed by atoms with E-state index < -0.39 is 0 Å². The fourth-order valence-corrected chi connectivity index (χ4v) is 4.80. The van der Waals surface area contributed by atoms with Crippen LogP contribution in [0.4, 0.5) is 0 Å². The van der Waals surface area contributed by atoms with Gasteiger partial charge in [0, 0.05) is 0 Å². The molecule has 2 saturated carbocycles. The molecule has 1 aliphatic heterocycles. The van der Waals surface area contributed by atoms with E-state index in [-0.39, 0.29) is 0 Å². The maximum absolute atomic E-state index is 5.66. The highest BCUT2D eigenvalue weighted by Crippen LogP contribution is 2.53. The number of hydrogen-bond acceptors (Lipinski definition) is 1. The molecule has 1 heterocycles. The fraction of sp³-hybridized carbons (Fsp3) is 0.867. The van der Waals surface area contributed by atoms with Gasteiger partial charge in [-0.25, -0.2) is 0 Å². The van der Waals surface area contributed by atoms with Gasteiger partial charge < -0.3 is 4.74 Å². The van der Waals surface area contributed by atoms with E-state index in [0.717, 1.165) is 29.6 Å². The second-order valence-corrected chi connectivity index (χ2v) is 6.58. The van der Waals surface area contributed by atoms with E-state index in [0.29, 0.717) is 12.2 Å². The Hall–Kier alpha value is -0.300. The minimum atomic E-state index is 0.573. The molecule has 0 aromatic rings. The predicted octanol–water partition coefficient (Wildman–Crippen LogP) is 3.40. The van der Waals surface area contributed by atoms with Gasteiger partial charge >= 0.3 is 0 Å². The molecule has 7 atom stereocenters. The molecule has 0 radical (unpaired) electrons. The predicted molar refractivity (Wildman–Crippen MR) is 64.0 cm³/mol. The summed E-state index contributed by atoms with van der Waals surface area (Å²) < 4.78 is 5.66. The lowest BCUT2D eigenvalue weighted by molar-refractivity contribution is 0.268. The van der Waals surface area contributed by atoms with Gasteiger partial charge in [-0.2, -0.15) is 0 Å². The van der Waals surface area contributed by atoms with Gasteiger partial charge in [-0.15, -0.1) is 0 Å². The van der Waals surface area contributed by atoms with Gasteiger partial charge in [0.1, 0.15) is 0 Å². The van der Waals surface area contributed by atoms with Crippen LogP contribution < -0.4 is 0 Å². The monoisotopic (exact) mass is 218 g/mol. The van der Waals surface area contributed by atoms with Crippen LogP contribution in [0, 0.1) is 29.6 Å². The third-order valence-corrected chi connectivity index (χ3v) is 5.67. The van der Waals surface area contributed by atoms with Crippen LogP contribution in [0.25, 0.3) is 0 Å². The van der Waals surface area contributed by atoms with Crippen LogP contribution in [-0.4, -0.2) is 12.2 Å². The van der Waals surface area contributed by atoms with Crippen LogP contribution >= 0.6 is 0 Å². The second kappa shape index (κ2) is 3.35. The van der Waals surface area contributed by atoms with Gasteiger partial charge in [-0.1, -0.05) is 12.2 Å². The summed E-state index contributed by atoms with van der Waals surface area (Å²) in [6.07, 6.45) is 13.6. The third-order valence-electron chi connectivity index (χ3n) is 5.67. The van der Waals surface area contributed by atoms with E-state index >= 15 is 0 Å². The zero-order valence-corrected chi connectivity index (χ0v) is 10.1. The summed E-state index contributed by atoms with van der Waals surface area (Å²) in [4.78, 5) is 0. The van der Waals surface area contributed by atoms with Crippen LogP contribution in [-0.2, 0) is 4.74 Å². The molecule has 1 heteroatoms. The Balaban J connectivity index is 1.41. The van der Waals surface area contributed by atoms with Crippen LogP contribution in [0.15, 0.2) is 12.2 Å². The van der Waals surface area contributed by atoms with Crippen LogP contribution in [0.1, 0.15) is 39.0 Å². The summed E-state index contributed by atoms with van der Waals surface area (Å²) in [6.45, 7) is 2.23. The molecule has 3 fully saturated rings. The third kappa shape index (κ3) is 1.40. The lowest BCUT2D eigenvalue weighted by atomic mass is 9.80. The first kappa shape index (κ1) is 9.70. The maximum atomic E-state index is 5.66. The van der Waals surface area contributed by atoms with E-state index in [1.165, 1.54) is 32.1 Å². The number of fused-ring (bicyclic) bond motifs is 2. The number of epoxide rings is 1. The van der Waals surface area contributed by atoms with Crippen molar-refractivity contribution in [3.05, 3.63) is 12.2 Å². The van der Waals surface area contributed by atoms with Crippen molar-refractivity contribution in [2.24, 2.45) is 29.6 Å². The van der Waals surface area contributed by atoms with Crippen molar-refractivity contribution in [3.63, 3.8) is 0 Å². The highest BCUT2D eigenvalue weighted by molar-refractivity contribution is 5.11. The summed E-state index contributed by atoms with van der Waals surface area (Å²) in [5, 5.41) is 0. The smallest absolute Gasteiger partial charge is 0.0867 e. The van der Waals surface area contributed by atoms with E-state index in [2.05, 4.69) is 19.1 Å². The van der Waals surface area contributed by atoms with Gasteiger partial charge in [-0.3, -0.25) is 0 Å². The number of hydrogen-bond donors (Lipinski definition) is 0. The highest BCUT2D eigenvalue weighted by Gasteiger charge is 2.48. The van der Waals surface area contributed by atoms with Gasteiger partial charge in [-0.05, 0) is 68.6 Å². The molecule has 2 bridgehead atoms. The highest BCUT2D eigenvalue weighted by atomic mass is 16.6. The van der Waals surface area contributed by atoms with Crippen molar-refractivity contribution in [3.8, 4) is 0 Å². The largest absolute Gasteiger partial charge is 0.370 e. The first-order valence-electron chi connectivity index (χ1n) is 7.15. The number of allylic oxidation sites excluding steroid dienone is 2. The normalized spacial score (nSPS) is 58.4. The molecule has 4 aliphatic rings.